The third-order valence-electron chi connectivity index (χ3n) is 5.99. The van der Waals surface area contributed by atoms with E-state index in [-0.39, 0.29) is 26.4 Å². The van der Waals surface area contributed by atoms with Crippen molar-refractivity contribution in [2.75, 3.05) is 179 Å². The Labute approximate surface area is 305 Å². The van der Waals surface area contributed by atoms with Crippen LogP contribution in [0.1, 0.15) is 0 Å². The Balaban J connectivity index is 3.25. The number of ether oxygens (including phenoxy) is 14. The minimum atomic E-state index is -6.63. The molecule has 0 N–H and O–H groups in total. The molecule has 0 radical (unpaired) electrons. The van der Waals surface area contributed by atoms with Gasteiger partial charge in [0, 0.05) is 7.11 Å². The quantitative estimate of drug-likeness (QED) is 0.0506. The van der Waals surface area contributed by atoms with E-state index in [9.17, 15) is 35.5 Å². The molecule has 0 saturated carbocycles. The SMILES string of the molecule is COCCOCCOCCOCCOCCOCCOCCOCCOCCOCCOCCOCCOCCOC(=O)C(F)(F)C(F)(F)C(F)(F)F. The number of rotatable bonds is 41. The van der Waals surface area contributed by atoms with E-state index >= 15 is 0 Å². The Hall–Kier alpha value is -1.54. The Morgan fingerprint density at radius 2 is 0.528 bits per heavy atom. The lowest BCUT2D eigenvalue weighted by atomic mass is 10.1. The summed E-state index contributed by atoms with van der Waals surface area (Å²) in [5.74, 6) is -15.7. The van der Waals surface area contributed by atoms with Crippen molar-refractivity contribution in [2.45, 2.75) is 18.0 Å². The standard InChI is InChI=1S/C31H55F7O15/c1-40-2-3-41-4-5-42-6-7-43-8-9-44-10-11-45-12-13-46-14-15-47-16-17-48-18-19-49-20-21-50-22-23-51-24-25-52-26-27-53-28(39)29(32,33)30(34,35)31(36,37)38/h2-27H2,1H3. The molecule has 0 aliphatic rings. The van der Waals surface area contributed by atoms with Gasteiger partial charge >= 0.3 is 24.0 Å². The second-order valence-corrected chi connectivity index (χ2v) is 10.1. The molecule has 0 unspecified atom stereocenters. The average Bonchev–Trinajstić information content (AvgIpc) is 3.11. The first kappa shape index (κ1) is 51.5. The van der Waals surface area contributed by atoms with Crippen LogP contribution in [0.3, 0.4) is 0 Å². The third-order valence-corrected chi connectivity index (χ3v) is 5.99. The van der Waals surface area contributed by atoms with E-state index in [1.807, 2.05) is 0 Å². The largest absolute Gasteiger partial charge is 0.460 e. The number of methoxy groups -OCH3 is 1. The van der Waals surface area contributed by atoms with Crippen LogP contribution < -0.4 is 0 Å². The summed E-state index contributed by atoms with van der Waals surface area (Å²) in [6.07, 6.45) is -6.63. The van der Waals surface area contributed by atoms with Gasteiger partial charge in [0.05, 0.1) is 165 Å². The topological polar surface area (TPSA) is 146 Å². The highest BCUT2D eigenvalue weighted by Crippen LogP contribution is 2.46. The van der Waals surface area contributed by atoms with Gasteiger partial charge in [0.15, 0.2) is 0 Å². The summed E-state index contributed by atoms with van der Waals surface area (Å²) in [7, 11) is 1.62. The minimum Gasteiger partial charge on any atom is -0.459 e. The van der Waals surface area contributed by atoms with Crippen LogP contribution in [-0.4, -0.2) is 203 Å². The molecule has 0 aliphatic carbocycles. The zero-order valence-electron chi connectivity index (χ0n) is 30.2. The summed E-state index contributed by atoms with van der Waals surface area (Å²) in [6.45, 7) is 7.80. The van der Waals surface area contributed by atoms with Crippen molar-refractivity contribution < 1.29 is 102 Å². The van der Waals surface area contributed by atoms with E-state index < -0.39 is 37.2 Å². The summed E-state index contributed by atoms with van der Waals surface area (Å²) in [5, 5.41) is 0. The van der Waals surface area contributed by atoms with Crippen molar-refractivity contribution >= 4 is 5.97 Å². The Morgan fingerprint density at radius 3 is 0.717 bits per heavy atom. The maximum atomic E-state index is 13.1. The fourth-order valence-corrected chi connectivity index (χ4v) is 3.25. The molecule has 0 amide bonds. The highest BCUT2D eigenvalue weighted by molar-refractivity contribution is 5.79. The smallest absolute Gasteiger partial charge is 0.459 e. The van der Waals surface area contributed by atoms with E-state index in [1.165, 1.54) is 0 Å². The van der Waals surface area contributed by atoms with Crippen molar-refractivity contribution in [1.29, 1.82) is 0 Å². The van der Waals surface area contributed by atoms with E-state index in [0.717, 1.165) is 0 Å². The molecule has 22 heteroatoms. The van der Waals surface area contributed by atoms with E-state index in [1.54, 1.807) is 7.11 Å². The van der Waals surface area contributed by atoms with Crippen molar-refractivity contribution in [1.82, 2.24) is 0 Å². The highest BCUT2D eigenvalue weighted by atomic mass is 19.4. The summed E-state index contributed by atoms with van der Waals surface area (Å²) in [5.41, 5.74) is 0. The molecule has 318 valence electrons. The second-order valence-electron chi connectivity index (χ2n) is 10.1. The Kier molecular flexibility index (Phi) is 33.9. The first-order chi connectivity index (χ1) is 25.5. The molecular weight excluding hydrogens is 745 g/mol. The first-order valence-electron chi connectivity index (χ1n) is 16.9. The van der Waals surface area contributed by atoms with Crippen LogP contribution in [0.25, 0.3) is 0 Å². The molecule has 0 fully saturated rings. The number of hydrogen-bond acceptors (Lipinski definition) is 15. The van der Waals surface area contributed by atoms with Gasteiger partial charge in [-0.15, -0.1) is 0 Å². The molecule has 0 saturated heterocycles. The van der Waals surface area contributed by atoms with Gasteiger partial charge < -0.3 is 66.3 Å². The average molecular weight is 801 g/mol. The maximum absolute atomic E-state index is 13.1. The molecule has 0 aromatic carbocycles. The monoisotopic (exact) mass is 800 g/mol. The summed E-state index contributed by atoms with van der Waals surface area (Å²) >= 11 is 0. The first-order valence-corrected chi connectivity index (χ1v) is 16.9. The van der Waals surface area contributed by atoms with Crippen LogP contribution in [0.4, 0.5) is 30.7 Å². The Morgan fingerprint density at radius 1 is 0.340 bits per heavy atom. The molecular formula is C31H55F7O15. The zero-order valence-corrected chi connectivity index (χ0v) is 30.2. The molecule has 0 rings (SSSR count). The minimum absolute atomic E-state index is 0.0277. The summed E-state index contributed by atoms with van der Waals surface area (Å²) in [6, 6.07) is 0. The number of carbonyl (C=O) groups excluding carboxylic acids is 1. The summed E-state index contributed by atoms with van der Waals surface area (Å²) in [4.78, 5) is 11.0. The van der Waals surface area contributed by atoms with Gasteiger partial charge in [-0.25, -0.2) is 4.79 Å². The lowest BCUT2D eigenvalue weighted by molar-refractivity contribution is -0.348. The number of carbonyl (C=O) groups is 1. The highest BCUT2D eigenvalue weighted by Gasteiger charge is 2.77. The van der Waals surface area contributed by atoms with Gasteiger partial charge in [-0.2, -0.15) is 30.7 Å². The Bertz CT molecular complexity index is 818. The molecule has 0 aliphatic heterocycles. The number of halogens is 7. The molecule has 0 spiro atoms. The van der Waals surface area contributed by atoms with E-state index in [0.29, 0.717) is 132 Å². The molecule has 0 atom stereocenters. The number of alkyl halides is 7. The van der Waals surface area contributed by atoms with Gasteiger partial charge in [-0.1, -0.05) is 0 Å². The van der Waals surface area contributed by atoms with Crippen LogP contribution in [-0.2, 0) is 71.1 Å². The maximum Gasteiger partial charge on any atom is 0.460 e. The lowest BCUT2D eigenvalue weighted by Crippen LogP contribution is -2.56. The molecule has 0 heterocycles. The lowest BCUT2D eigenvalue weighted by Gasteiger charge is -2.26. The van der Waals surface area contributed by atoms with Crippen molar-refractivity contribution in [3.8, 4) is 0 Å². The zero-order chi connectivity index (χ0) is 39.4. The number of esters is 1. The van der Waals surface area contributed by atoms with E-state index in [4.69, 9.17) is 61.6 Å². The second kappa shape index (κ2) is 34.9. The van der Waals surface area contributed by atoms with Crippen molar-refractivity contribution in [3.63, 3.8) is 0 Å². The molecule has 15 nitrogen and oxygen atoms in total. The molecule has 0 aromatic rings. The fourth-order valence-electron chi connectivity index (χ4n) is 3.25. The van der Waals surface area contributed by atoms with Gasteiger partial charge in [0.2, 0.25) is 0 Å². The van der Waals surface area contributed by atoms with E-state index in [2.05, 4.69) is 4.74 Å². The van der Waals surface area contributed by atoms with Crippen LogP contribution in [0.15, 0.2) is 0 Å². The number of hydrogen-bond donors (Lipinski definition) is 0. The van der Waals surface area contributed by atoms with Gasteiger partial charge in [-0.3, -0.25) is 0 Å². The van der Waals surface area contributed by atoms with Crippen LogP contribution in [0.5, 0.6) is 0 Å². The fraction of sp³-hybridized carbons (Fsp3) is 0.968. The molecule has 0 aromatic heterocycles. The molecule has 0 bridgehead atoms. The van der Waals surface area contributed by atoms with Gasteiger partial charge in [0.25, 0.3) is 0 Å². The molecule has 53 heavy (non-hydrogen) atoms. The van der Waals surface area contributed by atoms with Gasteiger partial charge in [0.1, 0.15) is 6.61 Å². The van der Waals surface area contributed by atoms with Crippen molar-refractivity contribution in [3.05, 3.63) is 0 Å². The predicted octanol–water partition coefficient (Wildman–Crippen LogP) is 2.21. The normalized spacial score (nSPS) is 12.5. The van der Waals surface area contributed by atoms with Crippen LogP contribution in [0, 0.1) is 0 Å². The van der Waals surface area contributed by atoms with Crippen LogP contribution >= 0.6 is 0 Å². The van der Waals surface area contributed by atoms with Crippen molar-refractivity contribution in [2.24, 2.45) is 0 Å². The third kappa shape index (κ3) is 29.4. The van der Waals surface area contributed by atoms with Gasteiger partial charge in [-0.05, 0) is 0 Å². The predicted molar refractivity (Wildman–Crippen MR) is 169 cm³/mol. The van der Waals surface area contributed by atoms with Crippen LogP contribution in [0.2, 0.25) is 0 Å². The summed E-state index contributed by atoms with van der Waals surface area (Å²) < 4.78 is 160.